The van der Waals surface area contributed by atoms with Gasteiger partial charge in [-0.05, 0) is 280 Å². The molecule has 0 N–H and O–H groups in total. The molecule has 0 saturated heterocycles. The Morgan fingerprint density at radius 1 is 0.153 bits per heavy atom. The molecule has 2 fully saturated rings. The predicted octanol–water partition coefficient (Wildman–Crippen LogP) is 36.9. The Morgan fingerprint density at radius 2 is 0.340 bits per heavy atom. The second-order valence-electron chi connectivity index (χ2n) is 39.4. The standard InChI is InChI=1S/C46H42N2.C46H30N2.C44H28N4/c2*1-3-19-35(20-4-1)47-41-25-13-9-17-33(41)29-43(47)45-37-23-11-12-24-38(37)46(40-28-32-16-8-7-15-31(32)27-39(40)45)44-30-34-18-10-14-26-42(34)48(44)36-21-5-2-6-22-36;1-2-10-30-26-38-37(25-29(30)9-1)43(41-27-31-11-3-7-15-39(31)47(41)33-17-21-45-22-18-33)35-13-5-6-14-36(35)44(38)42-28-32-12-4-8-16-40(32)48(42)34-19-23-46-24-20-34/h7-18,23-30,35-36H,1-6,19-22H2;1-30H;1-28H. The highest BCUT2D eigenvalue weighted by Gasteiger charge is 2.32. The molecule has 0 atom stereocenters. The third-order valence-corrected chi connectivity index (χ3v) is 31.3. The van der Waals surface area contributed by atoms with E-state index in [0.29, 0.717) is 12.1 Å². The fourth-order valence-electron chi connectivity index (χ4n) is 25.1. The average Bonchev–Trinajstić information content (AvgIpc) is 1.55. The van der Waals surface area contributed by atoms with Gasteiger partial charge in [0.2, 0.25) is 0 Å². The fourth-order valence-corrected chi connectivity index (χ4v) is 25.1. The van der Waals surface area contributed by atoms with Crippen molar-refractivity contribution in [3.05, 3.63) is 474 Å². The zero-order valence-corrected chi connectivity index (χ0v) is 79.8. The van der Waals surface area contributed by atoms with Gasteiger partial charge in [0.15, 0.2) is 0 Å². The number of hydrogen-bond acceptors (Lipinski definition) is 2. The van der Waals surface area contributed by atoms with Gasteiger partial charge >= 0.3 is 0 Å². The normalized spacial score (nSPS) is 13.4. The highest BCUT2D eigenvalue weighted by molar-refractivity contribution is 6.28. The number of fused-ring (bicyclic) bond motifs is 15. The second-order valence-corrected chi connectivity index (χ2v) is 39.4. The van der Waals surface area contributed by atoms with Crippen molar-refractivity contribution in [1.82, 2.24) is 37.4 Å². The lowest BCUT2D eigenvalue weighted by molar-refractivity contribution is 0.363. The van der Waals surface area contributed by atoms with Gasteiger partial charge in [-0.3, -0.25) is 9.97 Å². The van der Waals surface area contributed by atoms with Gasteiger partial charge in [0.25, 0.3) is 0 Å². The van der Waals surface area contributed by atoms with E-state index in [0.717, 1.165) is 34.1 Å². The largest absolute Gasteiger partial charge is 0.337 e. The first kappa shape index (κ1) is 84.4. The third-order valence-electron chi connectivity index (χ3n) is 31.3. The van der Waals surface area contributed by atoms with Crippen LogP contribution in [0.25, 0.3) is 253 Å². The van der Waals surface area contributed by atoms with Crippen molar-refractivity contribution in [2.24, 2.45) is 0 Å². The summed E-state index contributed by atoms with van der Waals surface area (Å²) in [7, 11) is 0. The van der Waals surface area contributed by atoms with Crippen LogP contribution in [0.1, 0.15) is 76.3 Å². The van der Waals surface area contributed by atoms with Crippen LogP contribution in [0, 0.1) is 0 Å². The fraction of sp³-hybridized carbons (Fsp3) is 0.0882. The minimum Gasteiger partial charge on any atom is -0.337 e. The summed E-state index contributed by atoms with van der Waals surface area (Å²) in [6.07, 6.45) is 20.5. The van der Waals surface area contributed by atoms with Crippen molar-refractivity contribution in [2.45, 2.75) is 76.3 Å². The van der Waals surface area contributed by atoms with Gasteiger partial charge in [0.1, 0.15) is 0 Å². The predicted molar refractivity (Wildman–Crippen MR) is 608 cm³/mol. The number of nitrogens with zero attached hydrogens (tertiary/aromatic N) is 8. The second kappa shape index (κ2) is 35.3. The number of aromatic nitrogens is 8. The van der Waals surface area contributed by atoms with Gasteiger partial charge < -0.3 is 27.4 Å². The van der Waals surface area contributed by atoms with E-state index in [-0.39, 0.29) is 0 Å². The number of rotatable bonds is 12. The Kier molecular flexibility index (Phi) is 20.7. The zero-order chi connectivity index (χ0) is 94.8. The molecule has 30 rings (SSSR count). The lowest BCUT2D eigenvalue weighted by Crippen LogP contribution is -2.14. The molecule has 8 heteroatoms. The molecule has 28 aromatic rings. The Bertz CT molecular complexity index is 8970. The first-order chi connectivity index (χ1) is 71.5. The van der Waals surface area contributed by atoms with E-state index < -0.39 is 0 Å². The summed E-state index contributed by atoms with van der Waals surface area (Å²) in [6, 6.07) is 167. The molecule has 20 aromatic carbocycles. The minimum atomic E-state index is 0.524. The molecule has 0 unspecified atom stereocenters. The average molecular weight is 1850 g/mol. The molecule has 2 aliphatic carbocycles. The van der Waals surface area contributed by atoms with E-state index in [2.05, 4.69) is 486 Å². The van der Waals surface area contributed by atoms with Crippen molar-refractivity contribution >= 4 is 162 Å². The molecule has 2 aliphatic rings. The van der Waals surface area contributed by atoms with E-state index >= 15 is 0 Å². The Balaban J connectivity index is 0.000000105. The van der Waals surface area contributed by atoms with Crippen LogP contribution in [0.3, 0.4) is 0 Å². The Hall–Kier alpha value is -17.7. The molecule has 8 aromatic heterocycles. The van der Waals surface area contributed by atoms with Crippen molar-refractivity contribution in [2.75, 3.05) is 0 Å². The first-order valence-electron chi connectivity index (χ1n) is 51.2. The molecule has 0 radical (unpaired) electrons. The van der Waals surface area contributed by atoms with E-state index in [4.69, 9.17) is 0 Å². The lowest BCUT2D eigenvalue weighted by Gasteiger charge is -2.29. The summed E-state index contributed by atoms with van der Waals surface area (Å²) in [4.78, 5) is 8.70. The molecule has 684 valence electrons. The molecule has 2 saturated carbocycles. The number of hydrogen-bond donors (Lipinski definition) is 0. The van der Waals surface area contributed by atoms with Crippen LogP contribution >= 0.6 is 0 Å². The molecule has 0 bridgehead atoms. The Morgan fingerprint density at radius 3 is 0.590 bits per heavy atom. The van der Waals surface area contributed by atoms with Crippen molar-refractivity contribution < 1.29 is 0 Å². The highest BCUT2D eigenvalue weighted by atomic mass is 15.1. The summed E-state index contributed by atoms with van der Waals surface area (Å²) < 4.78 is 15.1. The maximum absolute atomic E-state index is 4.35. The topological polar surface area (TPSA) is 55.4 Å². The van der Waals surface area contributed by atoms with Crippen molar-refractivity contribution in [3.8, 4) is 90.3 Å². The van der Waals surface area contributed by atoms with Gasteiger partial charge in [0, 0.05) is 136 Å². The van der Waals surface area contributed by atoms with Crippen LogP contribution < -0.4 is 0 Å². The van der Waals surface area contributed by atoms with Crippen LogP contribution in [-0.4, -0.2) is 37.4 Å². The van der Waals surface area contributed by atoms with Crippen molar-refractivity contribution in [3.63, 3.8) is 0 Å². The maximum atomic E-state index is 4.35. The van der Waals surface area contributed by atoms with Crippen LogP contribution in [0.4, 0.5) is 0 Å². The van der Waals surface area contributed by atoms with Gasteiger partial charge in [-0.1, -0.05) is 330 Å². The van der Waals surface area contributed by atoms with Gasteiger partial charge in [-0.25, -0.2) is 0 Å². The van der Waals surface area contributed by atoms with E-state index in [1.54, 1.807) is 0 Å². The molecular weight excluding hydrogens is 1750 g/mol. The summed E-state index contributed by atoms with van der Waals surface area (Å²) in [5.74, 6) is 0. The molecule has 0 spiro atoms. The lowest BCUT2D eigenvalue weighted by atomic mass is 9.86. The maximum Gasteiger partial charge on any atom is 0.0553 e. The van der Waals surface area contributed by atoms with Crippen molar-refractivity contribution in [1.29, 1.82) is 0 Å². The van der Waals surface area contributed by atoms with Gasteiger partial charge in [-0.2, -0.15) is 0 Å². The van der Waals surface area contributed by atoms with Gasteiger partial charge in [0.05, 0.1) is 56.2 Å². The molecular formula is C136H100N8. The monoisotopic (exact) mass is 1840 g/mol. The van der Waals surface area contributed by atoms with E-state index in [9.17, 15) is 0 Å². The number of pyridine rings is 2. The number of para-hydroxylation sites is 8. The Labute approximate surface area is 834 Å². The molecule has 0 aliphatic heterocycles. The summed E-state index contributed by atoms with van der Waals surface area (Å²) in [5, 5.41) is 30.3. The highest BCUT2D eigenvalue weighted by Crippen LogP contribution is 2.55. The first-order valence-corrected chi connectivity index (χ1v) is 51.2. The molecule has 8 nitrogen and oxygen atoms in total. The quantitative estimate of drug-likeness (QED) is 0.114. The van der Waals surface area contributed by atoms with Crippen LogP contribution in [0.15, 0.2) is 474 Å². The van der Waals surface area contributed by atoms with E-state index in [1.165, 1.54) is 283 Å². The third kappa shape index (κ3) is 14.1. The van der Waals surface area contributed by atoms with Crippen LogP contribution in [0.2, 0.25) is 0 Å². The van der Waals surface area contributed by atoms with Crippen LogP contribution in [-0.2, 0) is 0 Å². The van der Waals surface area contributed by atoms with Crippen LogP contribution in [0.5, 0.6) is 0 Å². The zero-order valence-electron chi connectivity index (χ0n) is 79.8. The summed E-state index contributed by atoms with van der Waals surface area (Å²) in [6.45, 7) is 0. The summed E-state index contributed by atoms with van der Waals surface area (Å²) in [5.41, 5.74) is 27.1. The summed E-state index contributed by atoms with van der Waals surface area (Å²) >= 11 is 0. The van der Waals surface area contributed by atoms with E-state index in [1.807, 2.05) is 24.8 Å². The minimum absolute atomic E-state index is 0.524. The smallest absolute Gasteiger partial charge is 0.0553 e. The SMILES string of the molecule is c1ccc(-n2c(-c3c4ccccc4c(-c4cc5ccccc5n4-c4ccccc4)c4cc5ccccc5cc34)cc3ccccc32)cc1.c1ccc2cc3c(-c4cc5ccccc5n4-c4ccncc4)c4ccccc4c(-c4cc5ccccc5n4-c4ccncc4)c3cc2c1.c1ccc2cc3c(-c4cc5ccccc5n4C4CCCCC4)c4ccccc4c(-c4cc5ccccc5n4C4CCCCC4)c3cc2c1. The van der Waals surface area contributed by atoms with Gasteiger partial charge in [-0.15, -0.1) is 0 Å². The molecule has 8 heterocycles. The molecule has 144 heavy (non-hydrogen) atoms. The number of benzene rings is 20. The molecule has 0 amide bonds.